The zero-order valence-electron chi connectivity index (χ0n) is 8.64. The van der Waals surface area contributed by atoms with Gasteiger partial charge in [0.1, 0.15) is 5.88 Å². The maximum Gasteiger partial charge on any atom is 0.315 e. The van der Waals surface area contributed by atoms with Gasteiger partial charge in [-0.05, 0) is 6.92 Å². The molecule has 0 unspecified atom stereocenters. The topological polar surface area (TPSA) is 76.7 Å². The lowest BCUT2D eigenvalue weighted by molar-refractivity contribution is 0.525. The Kier molecular flexibility index (Phi) is 3.31. The lowest BCUT2D eigenvalue weighted by Gasteiger charge is -2.00. The van der Waals surface area contributed by atoms with Crippen LogP contribution in [0.2, 0.25) is 0 Å². The second kappa shape index (κ2) is 4.89. The van der Waals surface area contributed by atoms with Crippen LogP contribution in [0.5, 0.6) is 0 Å². The van der Waals surface area contributed by atoms with E-state index in [-0.39, 0.29) is 5.88 Å². The van der Waals surface area contributed by atoms with Crippen molar-refractivity contribution in [2.45, 2.75) is 19.3 Å². The minimum atomic E-state index is 0.207. The van der Waals surface area contributed by atoms with Crippen molar-refractivity contribution in [1.29, 1.82) is 0 Å². The van der Waals surface area contributed by atoms with Crippen LogP contribution < -0.4 is 5.32 Å². The van der Waals surface area contributed by atoms with E-state index < -0.39 is 0 Å². The Labute approximate surface area is 97.1 Å². The van der Waals surface area contributed by atoms with Crippen LogP contribution in [0, 0.1) is 6.92 Å². The van der Waals surface area contributed by atoms with Crippen LogP contribution in [0.25, 0.3) is 0 Å². The van der Waals surface area contributed by atoms with Gasteiger partial charge in [0, 0.05) is 6.20 Å². The molecule has 1 N–H and O–H groups in total. The molecular weight excluding hydrogens is 230 g/mol. The molecule has 0 aliphatic rings. The number of rotatable bonds is 4. The monoisotopic (exact) mass is 239 g/mol. The summed E-state index contributed by atoms with van der Waals surface area (Å²) in [6.45, 7) is 2.37. The summed E-state index contributed by atoms with van der Waals surface area (Å²) in [4.78, 5) is 8.30. The van der Waals surface area contributed by atoms with E-state index in [9.17, 15) is 0 Å². The van der Waals surface area contributed by atoms with Gasteiger partial charge in [0.05, 0.1) is 24.1 Å². The third-order valence-corrected chi connectivity index (χ3v) is 2.06. The number of nitrogens with zero attached hydrogens (tertiary/aromatic N) is 4. The number of hydrogen-bond donors (Lipinski definition) is 1. The van der Waals surface area contributed by atoms with Crippen molar-refractivity contribution in [3.8, 4) is 0 Å². The molecule has 0 saturated carbocycles. The summed E-state index contributed by atoms with van der Waals surface area (Å²) in [5, 5.41) is 10.4. The maximum atomic E-state index is 5.53. The highest BCUT2D eigenvalue weighted by Crippen LogP contribution is 2.08. The summed E-state index contributed by atoms with van der Waals surface area (Å²) in [5.41, 5.74) is 1.68. The Morgan fingerprint density at radius 2 is 2.19 bits per heavy atom. The van der Waals surface area contributed by atoms with Crippen molar-refractivity contribution in [3.05, 3.63) is 29.7 Å². The molecule has 0 radical (unpaired) electrons. The van der Waals surface area contributed by atoms with Crippen molar-refractivity contribution >= 4 is 17.6 Å². The molecule has 0 saturated heterocycles. The molecule has 0 amide bonds. The first-order chi connectivity index (χ1) is 7.78. The highest BCUT2D eigenvalue weighted by atomic mass is 35.5. The van der Waals surface area contributed by atoms with Crippen LogP contribution in [-0.4, -0.2) is 20.2 Å². The van der Waals surface area contributed by atoms with E-state index in [1.165, 1.54) is 0 Å². The zero-order chi connectivity index (χ0) is 11.4. The fourth-order valence-corrected chi connectivity index (χ4v) is 1.16. The second-order valence-corrected chi connectivity index (χ2v) is 3.40. The molecule has 0 fully saturated rings. The van der Waals surface area contributed by atoms with Gasteiger partial charge in [-0.3, -0.25) is 9.97 Å². The number of anilines is 1. The minimum Gasteiger partial charge on any atom is -0.407 e. The Morgan fingerprint density at radius 3 is 2.81 bits per heavy atom. The molecule has 16 heavy (non-hydrogen) atoms. The first kappa shape index (κ1) is 10.8. The zero-order valence-corrected chi connectivity index (χ0v) is 9.40. The minimum absolute atomic E-state index is 0.207. The third kappa shape index (κ3) is 2.66. The largest absolute Gasteiger partial charge is 0.407 e. The summed E-state index contributed by atoms with van der Waals surface area (Å²) in [7, 11) is 0. The molecule has 0 aliphatic heterocycles. The molecule has 2 aromatic heterocycles. The van der Waals surface area contributed by atoms with Gasteiger partial charge in [0.15, 0.2) is 0 Å². The first-order valence-corrected chi connectivity index (χ1v) is 5.21. The Hall–Kier alpha value is -1.69. The second-order valence-electron chi connectivity index (χ2n) is 3.14. The standard InChI is InChI=1S/C9H10ClN5O/c1-6-3-12-7(4-11-6)5-13-9-15-14-8(2-10)16-9/h3-4H,2,5H2,1H3,(H,13,15). The molecule has 2 aromatic rings. The van der Waals surface area contributed by atoms with Crippen LogP contribution in [0.4, 0.5) is 6.01 Å². The number of hydrogen-bond acceptors (Lipinski definition) is 6. The molecule has 0 atom stereocenters. The van der Waals surface area contributed by atoms with Crippen LogP contribution in [0.3, 0.4) is 0 Å². The Morgan fingerprint density at radius 1 is 1.31 bits per heavy atom. The van der Waals surface area contributed by atoms with Gasteiger partial charge in [0.25, 0.3) is 0 Å². The van der Waals surface area contributed by atoms with Gasteiger partial charge < -0.3 is 9.73 Å². The molecule has 0 aromatic carbocycles. The normalized spacial score (nSPS) is 10.4. The summed E-state index contributed by atoms with van der Waals surface area (Å²) < 4.78 is 5.16. The predicted octanol–water partition coefficient (Wildman–Crippen LogP) is 1.52. The van der Waals surface area contributed by atoms with E-state index in [0.29, 0.717) is 18.5 Å². The molecule has 6 nitrogen and oxygen atoms in total. The van der Waals surface area contributed by atoms with Crippen LogP contribution in [0.1, 0.15) is 17.3 Å². The fourth-order valence-electron chi connectivity index (χ4n) is 1.06. The number of halogens is 1. The summed E-state index contributed by atoms with van der Waals surface area (Å²) >= 11 is 5.53. The molecular formula is C9H10ClN5O. The average molecular weight is 240 g/mol. The summed E-state index contributed by atoms with van der Waals surface area (Å²) in [6, 6.07) is 0.332. The van der Waals surface area contributed by atoms with Gasteiger partial charge >= 0.3 is 6.01 Å². The van der Waals surface area contributed by atoms with Crippen molar-refractivity contribution in [2.24, 2.45) is 0 Å². The molecule has 0 spiro atoms. The number of nitrogens with one attached hydrogen (secondary N) is 1. The quantitative estimate of drug-likeness (QED) is 0.816. The average Bonchev–Trinajstić information content (AvgIpc) is 2.76. The SMILES string of the molecule is Cc1cnc(CNc2nnc(CCl)o2)cn1. The van der Waals surface area contributed by atoms with E-state index in [1.807, 2.05) is 6.92 Å². The Balaban J connectivity index is 1.94. The van der Waals surface area contributed by atoms with Gasteiger partial charge in [0.2, 0.25) is 5.89 Å². The van der Waals surface area contributed by atoms with E-state index in [2.05, 4.69) is 25.5 Å². The summed E-state index contributed by atoms with van der Waals surface area (Å²) in [6.07, 6.45) is 3.40. The highest BCUT2D eigenvalue weighted by molar-refractivity contribution is 6.16. The van der Waals surface area contributed by atoms with E-state index >= 15 is 0 Å². The third-order valence-electron chi connectivity index (χ3n) is 1.84. The van der Waals surface area contributed by atoms with E-state index in [0.717, 1.165) is 11.4 Å². The lowest BCUT2D eigenvalue weighted by atomic mass is 10.4. The Bertz CT molecular complexity index is 455. The fraction of sp³-hybridized carbons (Fsp3) is 0.333. The van der Waals surface area contributed by atoms with Gasteiger partial charge in [-0.2, -0.15) is 0 Å². The van der Waals surface area contributed by atoms with E-state index in [1.54, 1.807) is 12.4 Å². The molecule has 2 heterocycles. The molecule has 7 heteroatoms. The highest BCUT2D eigenvalue weighted by Gasteiger charge is 2.04. The number of aromatic nitrogens is 4. The van der Waals surface area contributed by atoms with Gasteiger partial charge in [-0.15, -0.1) is 16.7 Å². The molecule has 0 aliphatic carbocycles. The lowest BCUT2D eigenvalue weighted by Crippen LogP contribution is -2.02. The molecule has 0 bridgehead atoms. The smallest absolute Gasteiger partial charge is 0.315 e. The van der Waals surface area contributed by atoms with Crippen molar-refractivity contribution in [3.63, 3.8) is 0 Å². The van der Waals surface area contributed by atoms with E-state index in [4.69, 9.17) is 16.0 Å². The van der Waals surface area contributed by atoms with Crippen molar-refractivity contribution < 1.29 is 4.42 Å². The number of alkyl halides is 1. The predicted molar refractivity (Wildman–Crippen MR) is 58.0 cm³/mol. The van der Waals surface area contributed by atoms with Crippen LogP contribution in [0.15, 0.2) is 16.8 Å². The molecule has 84 valence electrons. The van der Waals surface area contributed by atoms with Gasteiger partial charge in [-0.1, -0.05) is 5.10 Å². The summed E-state index contributed by atoms with van der Waals surface area (Å²) in [5.74, 6) is 0.595. The maximum absolute atomic E-state index is 5.53. The van der Waals surface area contributed by atoms with Crippen LogP contribution in [-0.2, 0) is 12.4 Å². The van der Waals surface area contributed by atoms with Crippen LogP contribution >= 0.6 is 11.6 Å². The number of aryl methyl sites for hydroxylation is 1. The molecule has 2 rings (SSSR count). The first-order valence-electron chi connectivity index (χ1n) is 4.67. The van der Waals surface area contributed by atoms with Crippen molar-refractivity contribution in [1.82, 2.24) is 20.2 Å². The van der Waals surface area contributed by atoms with Gasteiger partial charge in [-0.25, -0.2) is 0 Å². The van der Waals surface area contributed by atoms with Crippen molar-refractivity contribution in [2.75, 3.05) is 5.32 Å².